The minimum absolute atomic E-state index is 0.960. The van der Waals surface area contributed by atoms with Crippen LogP contribution in [0.2, 0.25) is 38.3 Å². The number of hydrogen-bond acceptors (Lipinski definition) is 3. The summed E-state index contributed by atoms with van der Waals surface area (Å²) in [4.78, 5) is 0. The average molecular weight is 311 g/mol. The number of hydrogen-bond donors (Lipinski definition) is 0. The lowest BCUT2D eigenvalue weighted by Gasteiger charge is -2.25. The standard InChI is InChI=1S/C10H30O3Si4/c1-7-9-16(11-14(3)4)13-17(10-8-2)12-15(5)6/h14-17H,7-10H2,1-6H3. The number of rotatable bonds is 10. The van der Waals surface area contributed by atoms with Gasteiger partial charge in [-0.15, -0.1) is 0 Å². The minimum atomic E-state index is -1.42. The molecule has 0 amide bonds. The van der Waals surface area contributed by atoms with E-state index in [1.165, 1.54) is 12.8 Å². The fraction of sp³-hybridized carbons (Fsp3) is 1.00. The summed E-state index contributed by atoms with van der Waals surface area (Å²) in [6.45, 7) is 13.3. The van der Waals surface area contributed by atoms with Crippen molar-refractivity contribution >= 4 is 36.6 Å². The lowest BCUT2D eigenvalue weighted by Crippen LogP contribution is -2.38. The summed E-state index contributed by atoms with van der Waals surface area (Å²) in [5.41, 5.74) is 0. The third kappa shape index (κ3) is 10.4. The van der Waals surface area contributed by atoms with Crippen LogP contribution in [0, 0.1) is 0 Å². The maximum Gasteiger partial charge on any atom is 0.301 e. The Morgan fingerprint density at radius 2 is 1.00 bits per heavy atom. The Hall–Kier alpha value is 0.748. The topological polar surface area (TPSA) is 27.7 Å². The van der Waals surface area contributed by atoms with Crippen LogP contribution in [0.4, 0.5) is 0 Å². The van der Waals surface area contributed by atoms with E-state index in [0.717, 1.165) is 12.1 Å². The van der Waals surface area contributed by atoms with Gasteiger partial charge in [-0.2, -0.15) is 0 Å². The zero-order valence-corrected chi connectivity index (χ0v) is 17.0. The van der Waals surface area contributed by atoms with Gasteiger partial charge >= 0.3 is 18.6 Å². The Balaban J connectivity index is 4.22. The zero-order chi connectivity index (χ0) is 13.3. The summed E-state index contributed by atoms with van der Waals surface area (Å²) in [6.07, 6.45) is 2.34. The fourth-order valence-corrected chi connectivity index (χ4v) is 12.6. The third-order valence-electron chi connectivity index (χ3n) is 2.20. The molecule has 0 aromatic rings. The van der Waals surface area contributed by atoms with Crippen LogP contribution in [-0.4, -0.2) is 36.6 Å². The molecule has 104 valence electrons. The largest absolute Gasteiger partial charge is 0.441 e. The molecule has 0 aliphatic heterocycles. The second-order valence-electron chi connectivity index (χ2n) is 4.94. The van der Waals surface area contributed by atoms with Crippen molar-refractivity contribution in [3.63, 3.8) is 0 Å². The molecular weight excluding hydrogens is 280 g/mol. The SMILES string of the molecule is CCC[SiH](O[SiH](C)C)O[SiH](CCC)O[SiH](C)C. The average Bonchev–Trinajstić information content (AvgIpc) is 2.16. The normalized spacial score (nSPS) is 15.5. The summed E-state index contributed by atoms with van der Waals surface area (Å²) in [6, 6.07) is 2.28. The second-order valence-corrected chi connectivity index (χ2v) is 15.3. The van der Waals surface area contributed by atoms with Crippen molar-refractivity contribution in [1.82, 2.24) is 0 Å². The summed E-state index contributed by atoms with van der Waals surface area (Å²) in [5.74, 6) is 0. The Labute approximate surface area is 114 Å². The van der Waals surface area contributed by atoms with Gasteiger partial charge in [-0.3, -0.25) is 0 Å². The smallest absolute Gasteiger partial charge is 0.301 e. The highest BCUT2D eigenvalue weighted by Crippen LogP contribution is 2.10. The van der Waals surface area contributed by atoms with Gasteiger partial charge in [-0.05, 0) is 38.3 Å². The van der Waals surface area contributed by atoms with Crippen molar-refractivity contribution in [2.24, 2.45) is 0 Å². The van der Waals surface area contributed by atoms with Gasteiger partial charge in [-0.25, -0.2) is 0 Å². The molecule has 0 aliphatic carbocycles. The third-order valence-corrected chi connectivity index (χ3v) is 13.5. The summed E-state index contributed by atoms with van der Waals surface area (Å²) in [5, 5.41) is 0. The van der Waals surface area contributed by atoms with E-state index in [1.54, 1.807) is 0 Å². The van der Waals surface area contributed by atoms with Crippen LogP contribution < -0.4 is 0 Å². The van der Waals surface area contributed by atoms with Crippen molar-refractivity contribution in [3.05, 3.63) is 0 Å². The van der Waals surface area contributed by atoms with Crippen LogP contribution in [0.1, 0.15) is 26.7 Å². The molecule has 0 saturated carbocycles. The minimum Gasteiger partial charge on any atom is -0.441 e. The van der Waals surface area contributed by atoms with Crippen molar-refractivity contribution < 1.29 is 12.3 Å². The van der Waals surface area contributed by atoms with Crippen molar-refractivity contribution in [2.45, 2.75) is 65.0 Å². The predicted octanol–water partition coefficient (Wildman–Crippen LogP) is 2.26. The molecule has 0 aromatic heterocycles. The molecule has 0 aliphatic rings. The van der Waals surface area contributed by atoms with Gasteiger partial charge in [0.2, 0.25) is 0 Å². The molecule has 17 heavy (non-hydrogen) atoms. The molecule has 0 aromatic carbocycles. The molecule has 2 atom stereocenters. The van der Waals surface area contributed by atoms with Gasteiger partial charge in [0.15, 0.2) is 18.1 Å². The first-order valence-corrected chi connectivity index (χ1v) is 16.0. The van der Waals surface area contributed by atoms with Crippen LogP contribution in [0.15, 0.2) is 0 Å². The van der Waals surface area contributed by atoms with E-state index < -0.39 is 36.6 Å². The van der Waals surface area contributed by atoms with Gasteiger partial charge in [-0.1, -0.05) is 26.7 Å². The molecule has 0 radical (unpaired) electrons. The summed E-state index contributed by atoms with van der Waals surface area (Å²) in [7, 11) is -4.76. The van der Waals surface area contributed by atoms with Crippen molar-refractivity contribution in [2.75, 3.05) is 0 Å². The molecular formula is C10H30O3Si4. The Bertz CT molecular complexity index is 163. The van der Waals surface area contributed by atoms with Crippen molar-refractivity contribution in [3.8, 4) is 0 Å². The molecule has 0 N–H and O–H groups in total. The van der Waals surface area contributed by atoms with Crippen LogP contribution >= 0.6 is 0 Å². The van der Waals surface area contributed by atoms with Crippen molar-refractivity contribution in [1.29, 1.82) is 0 Å². The van der Waals surface area contributed by atoms with Crippen LogP contribution in [-0.2, 0) is 12.3 Å². The van der Waals surface area contributed by atoms with E-state index in [2.05, 4.69) is 40.0 Å². The van der Waals surface area contributed by atoms with Crippen LogP contribution in [0.5, 0.6) is 0 Å². The molecule has 7 heteroatoms. The van der Waals surface area contributed by atoms with E-state index in [4.69, 9.17) is 12.3 Å². The molecule has 3 nitrogen and oxygen atoms in total. The predicted molar refractivity (Wildman–Crippen MR) is 85.5 cm³/mol. The Morgan fingerprint density at radius 1 is 0.647 bits per heavy atom. The molecule has 0 heterocycles. The lowest BCUT2D eigenvalue weighted by molar-refractivity contribution is 0.370. The second kappa shape index (κ2) is 10.7. The maximum atomic E-state index is 6.26. The molecule has 0 saturated heterocycles. The molecule has 0 fully saturated rings. The monoisotopic (exact) mass is 310 g/mol. The fourth-order valence-electron chi connectivity index (χ4n) is 1.58. The highest BCUT2D eigenvalue weighted by Gasteiger charge is 2.22. The first-order valence-electron chi connectivity index (χ1n) is 6.95. The maximum absolute atomic E-state index is 6.26. The van der Waals surface area contributed by atoms with Gasteiger partial charge in [0, 0.05) is 0 Å². The first-order chi connectivity index (χ1) is 7.99. The van der Waals surface area contributed by atoms with E-state index in [9.17, 15) is 0 Å². The van der Waals surface area contributed by atoms with E-state index in [0.29, 0.717) is 0 Å². The van der Waals surface area contributed by atoms with Gasteiger partial charge in [0.1, 0.15) is 0 Å². The Morgan fingerprint density at radius 3 is 1.24 bits per heavy atom. The highest BCUT2D eigenvalue weighted by molar-refractivity contribution is 6.69. The van der Waals surface area contributed by atoms with Gasteiger partial charge in [0.05, 0.1) is 0 Å². The molecule has 0 spiro atoms. The quantitative estimate of drug-likeness (QED) is 0.579. The van der Waals surface area contributed by atoms with Crippen LogP contribution in [0.3, 0.4) is 0 Å². The van der Waals surface area contributed by atoms with Gasteiger partial charge < -0.3 is 12.3 Å². The van der Waals surface area contributed by atoms with E-state index in [1.807, 2.05) is 0 Å². The van der Waals surface area contributed by atoms with Gasteiger partial charge in [0.25, 0.3) is 0 Å². The summed E-state index contributed by atoms with van der Waals surface area (Å²) < 4.78 is 18.4. The first kappa shape index (κ1) is 17.7. The zero-order valence-electron chi connectivity index (χ0n) is 12.4. The van der Waals surface area contributed by atoms with Crippen LogP contribution in [0.25, 0.3) is 0 Å². The summed E-state index contributed by atoms with van der Waals surface area (Å²) >= 11 is 0. The molecule has 2 unspecified atom stereocenters. The molecule has 0 rings (SSSR count). The highest BCUT2D eigenvalue weighted by atomic mass is 28.4. The Kier molecular flexibility index (Phi) is 11.1. The lowest BCUT2D eigenvalue weighted by atomic mass is 10.6. The van der Waals surface area contributed by atoms with E-state index in [-0.39, 0.29) is 0 Å². The van der Waals surface area contributed by atoms with E-state index >= 15 is 0 Å². The molecule has 0 bridgehead atoms.